The van der Waals surface area contributed by atoms with Gasteiger partial charge in [-0.05, 0) is 67.9 Å². The van der Waals surface area contributed by atoms with E-state index in [4.69, 9.17) is 0 Å². The number of likely N-dealkylation sites (tertiary alicyclic amines) is 1. The van der Waals surface area contributed by atoms with Crippen molar-refractivity contribution in [1.82, 2.24) is 9.88 Å². The maximum Gasteiger partial charge on any atom is 0.230 e. The van der Waals surface area contributed by atoms with Crippen LogP contribution in [0.15, 0.2) is 54.7 Å². The van der Waals surface area contributed by atoms with Gasteiger partial charge >= 0.3 is 0 Å². The lowest BCUT2D eigenvalue weighted by Gasteiger charge is -2.33. The van der Waals surface area contributed by atoms with Crippen LogP contribution < -0.4 is 5.14 Å². The van der Waals surface area contributed by atoms with Crippen molar-refractivity contribution in [2.45, 2.75) is 45.4 Å². The number of hydrogen-bond donors (Lipinski definition) is 3. The third kappa shape index (κ3) is 5.56. The molecule has 1 aliphatic rings. The molecule has 4 rings (SSSR count). The van der Waals surface area contributed by atoms with E-state index >= 15 is 0 Å². The van der Waals surface area contributed by atoms with Crippen LogP contribution in [-0.2, 0) is 11.2 Å². The highest BCUT2D eigenvalue weighted by atomic mass is 32.1. The summed E-state index contributed by atoms with van der Waals surface area (Å²) in [7, 11) is 0. The Morgan fingerprint density at radius 1 is 1.16 bits per heavy atom. The van der Waals surface area contributed by atoms with Crippen LogP contribution >= 0.6 is 12.8 Å². The van der Waals surface area contributed by atoms with E-state index < -0.39 is 0 Å². The van der Waals surface area contributed by atoms with Crippen molar-refractivity contribution in [3.8, 4) is 11.8 Å². The number of nitrogens with one attached hydrogen (secondary N) is 1. The van der Waals surface area contributed by atoms with Crippen molar-refractivity contribution in [3.05, 3.63) is 71.4 Å². The zero-order chi connectivity index (χ0) is 22.9. The summed E-state index contributed by atoms with van der Waals surface area (Å²) in [5, 5.41) is 5.35. The van der Waals surface area contributed by atoms with Crippen LogP contribution in [0.25, 0.3) is 10.9 Å². The lowest BCUT2D eigenvalue weighted by Crippen LogP contribution is -2.40. The number of fused-ring (bicyclic) bond motifs is 1. The van der Waals surface area contributed by atoms with Gasteiger partial charge in [0.2, 0.25) is 5.91 Å². The molecule has 0 bridgehead atoms. The number of nitrogens with two attached hydrogens (primary N) is 1. The van der Waals surface area contributed by atoms with E-state index in [1.54, 1.807) is 0 Å². The summed E-state index contributed by atoms with van der Waals surface area (Å²) < 4.78 is 0. The van der Waals surface area contributed by atoms with E-state index in [1.165, 1.54) is 5.56 Å². The van der Waals surface area contributed by atoms with Crippen LogP contribution in [0, 0.1) is 17.8 Å². The first kappa shape index (κ1) is 24.0. The number of carbonyl (C=O) groups excluding carboxylic acids is 1. The van der Waals surface area contributed by atoms with Crippen molar-refractivity contribution in [3.63, 3.8) is 0 Å². The topological polar surface area (TPSA) is 62.1 Å². The molecule has 2 aromatic carbocycles. The molecule has 168 valence electrons. The number of H-pyrrole nitrogens is 1. The minimum atomic E-state index is -0.138. The van der Waals surface area contributed by atoms with Gasteiger partial charge in [0.05, 0.1) is 5.92 Å². The number of amides is 1. The first-order valence-electron chi connectivity index (χ1n) is 11.3. The number of aryl methyl sites for hydroxylation is 1. The zero-order valence-corrected chi connectivity index (χ0v) is 19.9. The third-order valence-electron chi connectivity index (χ3n) is 6.38. The van der Waals surface area contributed by atoms with Crippen molar-refractivity contribution in [2.75, 3.05) is 13.1 Å². The largest absolute Gasteiger partial charge is 0.361 e. The summed E-state index contributed by atoms with van der Waals surface area (Å²) in [5.74, 6) is 7.07. The predicted octanol–water partition coefficient (Wildman–Crippen LogP) is 5.30. The van der Waals surface area contributed by atoms with Gasteiger partial charge in [-0.15, -0.1) is 18.7 Å². The molecule has 3 N–H and O–H groups in total. The van der Waals surface area contributed by atoms with Gasteiger partial charge in [0.1, 0.15) is 0 Å². The number of hydrogen-bond acceptors (Lipinski definition) is 3. The molecule has 1 atom stereocenters. The SMILES string of the molecule is CC#Cc1ccccc1CCC(C(=O)N1CCC(C)CC1)c1cccc2[nH]ccc12.NS. The highest BCUT2D eigenvalue weighted by molar-refractivity contribution is 7.77. The van der Waals surface area contributed by atoms with Crippen LogP contribution in [0.3, 0.4) is 0 Å². The molecular weight excluding hydrogens is 414 g/mol. The summed E-state index contributed by atoms with van der Waals surface area (Å²) in [6, 6.07) is 16.7. The maximum atomic E-state index is 13.7. The summed E-state index contributed by atoms with van der Waals surface area (Å²) in [5.41, 5.74) is 4.52. The predicted molar refractivity (Wildman–Crippen MR) is 137 cm³/mol. The van der Waals surface area contributed by atoms with E-state index in [9.17, 15) is 4.79 Å². The summed E-state index contributed by atoms with van der Waals surface area (Å²) in [6.45, 7) is 5.90. The van der Waals surface area contributed by atoms with E-state index in [0.29, 0.717) is 5.92 Å². The number of piperidine rings is 1. The number of rotatable bonds is 5. The molecule has 1 amide bonds. The Morgan fingerprint density at radius 2 is 1.91 bits per heavy atom. The molecule has 1 aliphatic heterocycles. The molecule has 0 aliphatic carbocycles. The first-order valence-corrected chi connectivity index (χ1v) is 11.8. The van der Waals surface area contributed by atoms with E-state index in [0.717, 1.165) is 60.8 Å². The van der Waals surface area contributed by atoms with Crippen molar-refractivity contribution >= 4 is 29.6 Å². The molecule has 1 fully saturated rings. The fourth-order valence-electron chi connectivity index (χ4n) is 4.57. The van der Waals surface area contributed by atoms with E-state index in [2.05, 4.69) is 89.1 Å². The van der Waals surface area contributed by atoms with Gasteiger partial charge in [-0.1, -0.05) is 43.2 Å². The molecular formula is C27H33N3OS. The lowest BCUT2D eigenvalue weighted by atomic mass is 9.87. The van der Waals surface area contributed by atoms with Gasteiger partial charge in [0, 0.05) is 35.8 Å². The fourth-order valence-corrected chi connectivity index (χ4v) is 4.57. The van der Waals surface area contributed by atoms with Gasteiger partial charge in [-0.3, -0.25) is 9.93 Å². The maximum absolute atomic E-state index is 13.7. The number of aromatic amines is 1. The Morgan fingerprint density at radius 3 is 2.66 bits per heavy atom. The third-order valence-corrected chi connectivity index (χ3v) is 6.38. The standard InChI is InChI=1S/C27H30N2O.H3NS/c1-3-7-21-8-4-5-9-22(21)12-13-25(27(30)29-18-15-20(2)16-19-29)23-10-6-11-26-24(23)14-17-28-26;1-2/h4-6,8-11,14,17,20,25,28H,12-13,15-16,18-19H2,1-2H3;2H,1H2. The second-order valence-electron chi connectivity index (χ2n) is 8.42. The summed E-state index contributed by atoms with van der Waals surface area (Å²) in [4.78, 5) is 19.1. The molecule has 4 nitrogen and oxygen atoms in total. The van der Waals surface area contributed by atoms with Crippen LogP contribution in [0.5, 0.6) is 0 Å². The van der Waals surface area contributed by atoms with E-state index in [-0.39, 0.29) is 11.8 Å². The summed E-state index contributed by atoms with van der Waals surface area (Å²) >= 11 is 3.03. The van der Waals surface area contributed by atoms with Gasteiger partial charge < -0.3 is 9.88 Å². The second kappa shape index (κ2) is 11.8. The second-order valence-corrected chi connectivity index (χ2v) is 8.42. The Balaban J connectivity index is 0.00000141. The molecule has 0 saturated carbocycles. The number of benzene rings is 2. The molecule has 5 heteroatoms. The van der Waals surface area contributed by atoms with Gasteiger partial charge in [-0.25, -0.2) is 0 Å². The van der Waals surface area contributed by atoms with Crippen LogP contribution in [0.1, 0.15) is 55.7 Å². The molecule has 0 radical (unpaired) electrons. The number of thiol groups is 1. The molecule has 1 saturated heterocycles. The molecule has 2 heterocycles. The normalized spacial score (nSPS) is 14.8. The minimum absolute atomic E-state index is 0.138. The Kier molecular flexibility index (Phi) is 8.84. The average Bonchev–Trinajstić information content (AvgIpc) is 3.32. The van der Waals surface area contributed by atoms with Crippen LogP contribution in [0.4, 0.5) is 0 Å². The molecule has 1 aromatic heterocycles. The average molecular weight is 448 g/mol. The monoisotopic (exact) mass is 447 g/mol. The molecule has 3 aromatic rings. The number of nitrogens with zero attached hydrogens (tertiary/aromatic N) is 1. The van der Waals surface area contributed by atoms with Gasteiger partial charge in [0.25, 0.3) is 0 Å². The number of aromatic nitrogens is 1. The van der Waals surface area contributed by atoms with Crippen molar-refractivity contribution in [1.29, 1.82) is 0 Å². The number of carbonyl (C=O) groups is 1. The molecule has 1 unspecified atom stereocenters. The van der Waals surface area contributed by atoms with Gasteiger partial charge in [-0.2, -0.15) is 0 Å². The lowest BCUT2D eigenvalue weighted by molar-refractivity contribution is -0.134. The smallest absolute Gasteiger partial charge is 0.230 e. The zero-order valence-electron chi connectivity index (χ0n) is 19.0. The highest BCUT2D eigenvalue weighted by Gasteiger charge is 2.29. The fraction of sp³-hybridized carbons (Fsp3) is 0.370. The highest BCUT2D eigenvalue weighted by Crippen LogP contribution is 2.32. The quantitative estimate of drug-likeness (QED) is 0.367. The van der Waals surface area contributed by atoms with Crippen LogP contribution in [-0.4, -0.2) is 28.9 Å². The molecule has 32 heavy (non-hydrogen) atoms. The Hall–Kier alpha value is -2.68. The van der Waals surface area contributed by atoms with Crippen LogP contribution in [0.2, 0.25) is 0 Å². The van der Waals surface area contributed by atoms with Crippen molar-refractivity contribution < 1.29 is 4.79 Å². The minimum Gasteiger partial charge on any atom is -0.361 e. The Labute approximate surface area is 197 Å². The Bertz CT molecular complexity index is 1090. The molecule has 0 spiro atoms. The van der Waals surface area contributed by atoms with Gasteiger partial charge in [0.15, 0.2) is 0 Å². The van der Waals surface area contributed by atoms with Crippen molar-refractivity contribution in [2.24, 2.45) is 11.1 Å². The summed E-state index contributed by atoms with van der Waals surface area (Å²) in [6.07, 6.45) is 5.79. The first-order chi connectivity index (χ1) is 15.7. The van der Waals surface area contributed by atoms with E-state index in [1.807, 2.05) is 19.2 Å².